The van der Waals surface area contributed by atoms with Gasteiger partial charge < -0.3 is 15.5 Å². The lowest BCUT2D eigenvalue weighted by Gasteiger charge is -2.39. The molecule has 9 nitrogen and oxygen atoms in total. The lowest BCUT2D eigenvalue weighted by Crippen LogP contribution is -2.53. The van der Waals surface area contributed by atoms with E-state index in [-0.39, 0.29) is 58.6 Å². The van der Waals surface area contributed by atoms with Gasteiger partial charge in [0.05, 0.1) is 22.0 Å². The number of rotatable bonds is 9. The fourth-order valence-corrected chi connectivity index (χ4v) is 10.0. The SMILES string of the molecule is O=C1Nc2cc(Cl)c(C(=O)NC3CC4CC[C@@H](C3)N4S(=O)(=O)CC3CCN(CCCC(F)(F)F)CC3)cc2/C1=C/c1ccncc1. The summed E-state index contributed by atoms with van der Waals surface area (Å²) >= 11 is 6.50. The zero-order valence-corrected chi connectivity index (χ0v) is 26.8. The molecule has 0 radical (unpaired) electrons. The second-order valence-corrected chi connectivity index (χ2v) is 15.1. The molecule has 2 bridgehead atoms. The van der Waals surface area contributed by atoms with Crippen LogP contribution in [0.1, 0.15) is 72.9 Å². The van der Waals surface area contributed by atoms with Crippen molar-refractivity contribution >= 4 is 50.8 Å². The number of benzene rings is 1. The Balaban J connectivity index is 1.06. The molecular formula is C32H37ClF3N5O4S. The van der Waals surface area contributed by atoms with Crippen molar-refractivity contribution in [1.82, 2.24) is 19.5 Å². The van der Waals surface area contributed by atoms with Crippen LogP contribution in [0.5, 0.6) is 0 Å². The molecule has 3 saturated heterocycles. The number of pyridine rings is 1. The molecular weight excluding hydrogens is 643 g/mol. The fraction of sp³-hybridized carbons (Fsp3) is 0.531. The molecule has 6 rings (SSSR count). The molecule has 3 atom stereocenters. The van der Waals surface area contributed by atoms with Crippen LogP contribution in [0.4, 0.5) is 18.9 Å². The maximum atomic E-state index is 13.6. The standard InChI is InChI=1S/C32H37ClF3N5O4S/c33-28-18-29-25(26(30(42)39-29)14-20-4-9-37-10-5-20)17-27(28)31(43)38-22-15-23-2-3-24(16-22)41(23)46(44,45)19-21-6-12-40(13-7-21)11-1-8-32(34,35)36/h4-5,9-10,14,17-18,21-24H,1-3,6-8,11-13,15-16,19H2,(H,38,43)(H,39,42)/b26-14-/t22?,23-,24?/m0/s1. The predicted molar refractivity (Wildman–Crippen MR) is 170 cm³/mol. The van der Waals surface area contributed by atoms with Gasteiger partial charge in [0.15, 0.2) is 0 Å². The van der Waals surface area contributed by atoms with Crippen molar-refractivity contribution in [2.24, 2.45) is 5.92 Å². The van der Waals surface area contributed by atoms with Gasteiger partial charge in [0.2, 0.25) is 10.0 Å². The summed E-state index contributed by atoms with van der Waals surface area (Å²) in [6.45, 7) is 1.59. The molecule has 2 unspecified atom stereocenters. The number of amides is 2. The predicted octanol–water partition coefficient (Wildman–Crippen LogP) is 5.34. The van der Waals surface area contributed by atoms with Crippen LogP contribution >= 0.6 is 11.6 Å². The van der Waals surface area contributed by atoms with Gasteiger partial charge in [0, 0.05) is 48.1 Å². The molecule has 0 aliphatic carbocycles. The Labute approximate surface area is 271 Å². The Kier molecular flexibility index (Phi) is 9.48. The summed E-state index contributed by atoms with van der Waals surface area (Å²) in [6.07, 6.45) is 3.83. The minimum Gasteiger partial charge on any atom is -0.349 e. The molecule has 0 saturated carbocycles. The quantitative estimate of drug-likeness (QED) is 0.347. The van der Waals surface area contributed by atoms with Crippen molar-refractivity contribution in [2.45, 2.75) is 75.7 Å². The van der Waals surface area contributed by atoms with Crippen molar-refractivity contribution in [1.29, 1.82) is 0 Å². The van der Waals surface area contributed by atoms with Crippen molar-refractivity contribution in [3.05, 3.63) is 58.4 Å². The summed E-state index contributed by atoms with van der Waals surface area (Å²) in [5, 5.41) is 6.08. The number of hydrogen-bond acceptors (Lipinski definition) is 6. The van der Waals surface area contributed by atoms with Gasteiger partial charge in [-0.15, -0.1) is 0 Å². The number of alkyl halides is 3. The average molecular weight is 680 g/mol. The highest BCUT2D eigenvalue weighted by molar-refractivity contribution is 7.89. The van der Waals surface area contributed by atoms with E-state index in [0.29, 0.717) is 62.1 Å². The van der Waals surface area contributed by atoms with E-state index in [1.54, 1.807) is 47.0 Å². The van der Waals surface area contributed by atoms with E-state index in [0.717, 1.165) is 18.4 Å². The number of nitrogens with one attached hydrogen (secondary N) is 2. The van der Waals surface area contributed by atoms with E-state index in [2.05, 4.69) is 15.6 Å². The molecule has 4 aliphatic heterocycles. The molecule has 248 valence electrons. The third-order valence-corrected chi connectivity index (χ3v) is 12.0. The summed E-state index contributed by atoms with van der Waals surface area (Å²) in [5.41, 5.74) is 2.54. The molecule has 2 aromatic rings. The highest BCUT2D eigenvalue weighted by Crippen LogP contribution is 2.40. The third kappa shape index (κ3) is 7.42. The minimum absolute atomic E-state index is 0.0264. The Hall–Kier alpha value is -3.00. The van der Waals surface area contributed by atoms with Gasteiger partial charge in [-0.25, -0.2) is 8.42 Å². The minimum atomic E-state index is -4.15. The molecule has 1 aromatic carbocycles. The number of aromatic nitrogens is 1. The normalized spacial score (nSPS) is 25.1. The Morgan fingerprint density at radius 2 is 1.76 bits per heavy atom. The van der Waals surface area contributed by atoms with Gasteiger partial charge in [-0.3, -0.25) is 14.6 Å². The number of fused-ring (bicyclic) bond motifs is 3. The number of hydrogen-bond donors (Lipinski definition) is 2. The number of carbonyl (C=O) groups is 2. The van der Waals surface area contributed by atoms with Crippen molar-refractivity contribution in [3.63, 3.8) is 0 Å². The smallest absolute Gasteiger partial charge is 0.349 e. The summed E-state index contributed by atoms with van der Waals surface area (Å²) in [7, 11) is -3.54. The highest BCUT2D eigenvalue weighted by atomic mass is 35.5. The first-order valence-corrected chi connectivity index (χ1v) is 17.7. The van der Waals surface area contributed by atoms with Crippen LogP contribution < -0.4 is 10.6 Å². The number of piperidine rings is 2. The van der Waals surface area contributed by atoms with Crippen LogP contribution in [0.3, 0.4) is 0 Å². The van der Waals surface area contributed by atoms with Crippen LogP contribution in [0, 0.1) is 5.92 Å². The van der Waals surface area contributed by atoms with E-state index < -0.39 is 22.6 Å². The second kappa shape index (κ2) is 13.2. The molecule has 46 heavy (non-hydrogen) atoms. The van der Waals surface area contributed by atoms with Gasteiger partial charge in [-0.05, 0) is 106 Å². The lowest BCUT2D eigenvalue weighted by atomic mass is 9.98. The van der Waals surface area contributed by atoms with E-state index in [1.807, 2.05) is 4.90 Å². The van der Waals surface area contributed by atoms with Crippen LogP contribution in [0.25, 0.3) is 11.6 Å². The molecule has 2 amide bonds. The number of carbonyl (C=O) groups excluding carboxylic acids is 2. The fourth-order valence-electron chi connectivity index (χ4n) is 7.39. The molecule has 3 fully saturated rings. The first-order valence-electron chi connectivity index (χ1n) is 15.7. The van der Waals surface area contributed by atoms with Crippen LogP contribution in [-0.2, 0) is 14.8 Å². The number of sulfonamides is 1. The lowest BCUT2D eigenvalue weighted by molar-refractivity contribution is -0.136. The van der Waals surface area contributed by atoms with E-state index in [9.17, 15) is 31.2 Å². The Morgan fingerprint density at radius 3 is 2.41 bits per heavy atom. The molecule has 0 spiro atoms. The van der Waals surface area contributed by atoms with E-state index in [1.165, 1.54) is 0 Å². The molecule has 4 aliphatic rings. The van der Waals surface area contributed by atoms with Crippen molar-refractivity contribution in [2.75, 3.05) is 30.7 Å². The number of likely N-dealkylation sites (tertiary alicyclic amines) is 1. The summed E-state index contributed by atoms with van der Waals surface area (Å²) < 4.78 is 66.3. The number of halogens is 4. The Bertz CT molecular complexity index is 1600. The van der Waals surface area contributed by atoms with Crippen LogP contribution in [0.2, 0.25) is 5.02 Å². The van der Waals surface area contributed by atoms with Crippen LogP contribution in [0.15, 0.2) is 36.7 Å². The number of nitrogens with zero attached hydrogens (tertiary/aromatic N) is 3. The maximum absolute atomic E-state index is 13.6. The van der Waals surface area contributed by atoms with Gasteiger partial charge in [-0.2, -0.15) is 17.5 Å². The summed E-state index contributed by atoms with van der Waals surface area (Å²) in [6, 6.07) is 6.10. The van der Waals surface area contributed by atoms with Crippen molar-refractivity contribution in [3.8, 4) is 0 Å². The molecule has 14 heteroatoms. The molecule has 5 heterocycles. The zero-order chi connectivity index (χ0) is 32.6. The van der Waals surface area contributed by atoms with E-state index in [4.69, 9.17) is 11.6 Å². The number of anilines is 1. The second-order valence-electron chi connectivity index (χ2n) is 12.8. The Morgan fingerprint density at radius 1 is 1.09 bits per heavy atom. The maximum Gasteiger partial charge on any atom is 0.389 e. The topological polar surface area (TPSA) is 112 Å². The summed E-state index contributed by atoms with van der Waals surface area (Å²) in [5.74, 6) is -0.656. The summed E-state index contributed by atoms with van der Waals surface area (Å²) in [4.78, 5) is 32.2. The largest absolute Gasteiger partial charge is 0.389 e. The zero-order valence-electron chi connectivity index (χ0n) is 25.2. The van der Waals surface area contributed by atoms with Gasteiger partial charge in [0.25, 0.3) is 11.8 Å². The average Bonchev–Trinajstić information content (AvgIpc) is 3.45. The molecule has 1 aromatic heterocycles. The molecule has 2 N–H and O–H groups in total. The monoisotopic (exact) mass is 679 g/mol. The van der Waals surface area contributed by atoms with Crippen LogP contribution in [-0.4, -0.2) is 84.1 Å². The first kappa shape index (κ1) is 32.9. The first-order chi connectivity index (χ1) is 21.9. The van der Waals surface area contributed by atoms with E-state index >= 15 is 0 Å². The third-order valence-electron chi connectivity index (χ3n) is 9.56. The van der Waals surface area contributed by atoms with Gasteiger partial charge >= 0.3 is 6.18 Å². The van der Waals surface area contributed by atoms with Gasteiger partial charge in [0.1, 0.15) is 0 Å². The van der Waals surface area contributed by atoms with Crippen molar-refractivity contribution < 1.29 is 31.2 Å². The van der Waals surface area contributed by atoms with Gasteiger partial charge in [-0.1, -0.05) is 11.6 Å². The highest BCUT2D eigenvalue weighted by Gasteiger charge is 2.47.